The van der Waals surface area contributed by atoms with Crippen LogP contribution in [0, 0.1) is 0 Å². The van der Waals surface area contributed by atoms with E-state index >= 15 is 0 Å². The Morgan fingerprint density at radius 2 is 1.89 bits per heavy atom. The molecule has 0 saturated heterocycles. The van der Waals surface area contributed by atoms with E-state index in [0.717, 1.165) is 10.1 Å². The molecule has 4 rings (SSSR count). The third-order valence-electron chi connectivity index (χ3n) is 4.44. The van der Waals surface area contributed by atoms with E-state index in [0.29, 0.717) is 17.1 Å². The van der Waals surface area contributed by atoms with Gasteiger partial charge in [-0.15, -0.1) is 10.2 Å². The van der Waals surface area contributed by atoms with Crippen molar-refractivity contribution < 1.29 is 18.0 Å². The Kier molecular flexibility index (Phi) is 4.58. The Morgan fingerprint density at radius 1 is 1.14 bits per heavy atom. The van der Waals surface area contributed by atoms with Crippen LogP contribution in [-0.2, 0) is 25.8 Å². The average Bonchev–Trinajstić information content (AvgIpc) is 3.27. The number of alkyl halides is 3. The van der Waals surface area contributed by atoms with Crippen molar-refractivity contribution in [2.75, 3.05) is 6.54 Å². The molecule has 28 heavy (non-hydrogen) atoms. The fourth-order valence-corrected chi connectivity index (χ4v) is 3.24. The number of fused-ring (bicyclic) bond motifs is 1. The van der Waals surface area contributed by atoms with Crippen molar-refractivity contribution in [1.82, 2.24) is 29.4 Å². The number of amides is 1. The first-order valence-electron chi connectivity index (χ1n) is 8.37. The van der Waals surface area contributed by atoms with Crippen molar-refractivity contribution in [3.8, 4) is 0 Å². The maximum atomic E-state index is 12.9. The summed E-state index contributed by atoms with van der Waals surface area (Å²) in [5.41, 5.74) is 1.38. The number of carbonyl (C=O) groups is 1. The second kappa shape index (κ2) is 6.93. The highest BCUT2D eigenvalue weighted by Gasteiger charge is 2.39. The summed E-state index contributed by atoms with van der Waals surface area (Å²) in [5.74, 6) is -1.17. The Bertz CT molecular complexity index is 1010. The summed E-state index contributed by atoms with van der Waals surface area (Å²) in [6, 6.07) is 6.97. The van der Waals surface area contributed by atoms with Gasteiger partial charge >= 0.3 is 6.18 Å². The molecule has 1 aliphatic rings. The van der Waals surface area contributed by atoms with Gasteiger partial charge in [0.05, 0.1) is 24.3 Å². The Morgan fingerprint density at radius 3 is 2.54 bits per heavy atom. The molecule has 3 aromatic rings. The molecule has 2 aromatic heterocycles. The van der Waals surface area contributed by atoms with Crippen molar-refractivity contribution >= 4 is 17.5 Å². The summed E-state index contributed by atoms with van der Waals surface area (Å²) in [6.45, 7) is 0.644. The summed E-state index contributed by atoms with van der Waals surface area (Å²) in [7, 11) is 0. The zero-order chi connectivity index (χ0) is 19.9. The van der Waals surface area contributed by atoms with E-state index in [1.807, 2.05) is 0 Å². The number of halogens is 4. The lowest BCUT2D eigenvalue weighted by molar-refractivity contribution is -0.147. The lowest BCUT2D eigenvalue weighted by atomic mass is 10.1. The summed E-state index contributed by atoms with van der Waals surface area (Å²) in [6.07, 6.45) is -1.33. The van der Waals surface area contributed by atoms with Crippen LogP contribution in [0.2, 0.25) is 5.02 Å². The highest BCUT2D eigenvalue weighted by atomic mass is 35.5. The molecule has 0 bridgehead atoms. The molecular formula is C17H14ClF3N6O. The topological polar surface area (TPSA) is 68.8 Å². The number of rotatable bonds is 3. The summed E-state index contributed by atoms with van der Waals surface area (Å²) < 4.78 is 41.4. The van der Waals surface area contributed by atoms with E-state index in [1.165, 1.54) is 4.90 Å². The van der Waals surface area contributed by atoms with Crippen LogP contribution in [0.3, 0.4) is 0 Å². The van der Waals surface area contributed by atoms with Crippen molar-refractivity contribution in [2.45, 2.75) is 25.8 Å². The van der Waals surface area contributed by atoms with E-state index in [-0.39, 0.29) is 31.4 Å². The van der Waals surface area contributed by atoms with Crippen LogP contribution in [0.4, 0.5) is 13.2 Å². The maximum Gasteiger partial charge on any atom is 0.451 e. The van der Waals surface area contributed by atoms with Gasteiger partial charge in [0.2, 0.25) is 5.82 Å². The zero-order valence-corrected chi connectivity index (χ0v) is 15.2. The highest BCUT2D eigenvalue weighted by molar-refractivity contribution is 6.30. The van der Waals surface area contributed by atoms with Crippen LogP contribution in [0.1, 0.15) is 27.6 Å². The number of hydrogen-bond donors (Lipinski definition) is 0. The van der Waals surface area contributed by atoms with Gasteiger partial charge in [-0.3, -0.25) is 9.48 Å². The molecule has 0 spiro atoms. The zero-order valence-electron chi connectivity index (χ0n) is 14.4. The molecule has 1 aromatic carbocycles. The molecule has 0 fully saturated rings. The minimum atomic E-state index is -4.56. The second-order valence-corrected chi connectivity index (χ2v) is 6.81. The van der Waals surface area contributed by atoms with E-state index in [1.54, 1.807) is 41.3 Å². The highest BCUT2D eigenvalue weighted by Crippen LogP contribution is 2.29. The van der Waals surface area contributed by atoms with E-state index in [2.05, 4.69) is 15.3 Å². The maximum absolute atomic E-state index is 12.9. The van der Waals surface area contributed by atoms with Gasteiger partial charge in [-0.1, -0.05) is 23.7 Å². The minimum absolute atomic E-state index is 0.00105. The van der Waals surface area contributed by atoms with Crippen molar-refractivity contribution in [1.29, 1.82) is 0 Å². The number of hydrogen-bond acceptors (Lipinski definition) is 4. The standard InChI is InChI=1S/C17H14ClF3N6O/c18-13-7-22-26(9-13)8-11-1-3-12(4-2-11)15(28)25-5-6-27-14(10-25)23-24-16(27)17(19,20)21/h1-4,7,9H,5-6,8,10H2. The lowest BCUT2D eigenvalue weighted by Gasteiger charge is -2.28. The largest absolute Gasteiger partial charge is 0.451 e. The van der Waals surface area contributed by atoms with E-state index in [4.69, 9.17) is 11.6 Å². The predicted molar refractivity (Wildman–Crippen MR) is 92.5 cm³/mol. The molecule has 0 N–H and O–H groups in total. The Balaban J connectivity index is 1.45. The molecule has 0 saturated carbocycles. The van der Waals surface area contributed by atoms with Gasteiger partial charge in [-0.25, -0.2) is 0 Å². The van der Waals surface area contributed by atoms with Crippen molar-refractivity contribution in [3.05, 3.63) is 64.5 Å². The van der Waals surface area contributed by atoms with Gasteiger partial charge in [0.1, 0.15) is 0 Å². The normalized spacial score (nSPS) is 14.2. The first-order valence-corrected chi connectivity index (χ1v) is 8.74. The molecule has 1 aliphatic heterocycles. The molecule has 0 unspecified atom stereocenters. The molecule has 0 aliphatic carbocycles. The molecule has 1 amide bonds. The minimum Gasteiger partial charge on any atom is -0.329 e. The number of benzene rings is 1. The van der Waals surface area contributed by atoms with Gasteiger partial charge in [-0.2, -0.15) is 18.3 Å². The summed E-state index contributed by atoms with van der Waals surface area (Å²) in [5, 5.41) is 11.4. The number of nitrogens with zero attached hydrogens (tertiary/aromatic N) is 6. The van der Waals surface area contributed by atoms with Crippen LogP contribution >= 0.6 is 11.6 Å². The van der Waals surface area contributed by atoms with Gasteiger partial charge in [0.25, 0.3) is 5.91 Å². The SMILES string of the molecule is O=C(c1ccc(Cn2cc(Cl)cn2)cc1)N1CCn2c(nnc2C(F)(F)F)C1. The van der Waals surface area contributed by atoms with Gasteiger partial charge in [-0.05, 0) is 17.7 Å². The Labute approximate surface area is 162 Å². The summed E-state index contributed by atoms with van der Waals surface area (Å²) in [4.78, 5) is 14.2. The van der Waals surface area contributed by atoms with Gasteiger partial charge in [0.15, 0.2) is 5.82 Å². The summed E-state index contributed by atoms with van der Waals surface area (Å²) >= 11 is 5.83. The number of aromatic nitrogens is 5. The van der Waals surface area contributed by atoms with Crippen molar-refractivity contribution in [2.24, 2.45) is 0 Å². The Hall–Kier alpha value is -2.88. The first-order chi connectivity index (χ1) is 13.3. The van der Waals surface area contributed by atoms with Gasteiger partial charge in [0, 0.05) is 24.8 Å². The molecular weight excluding hydrogens is 397 g/mol. The smallest absolute Gasteiger partial charge is 0.329 e. The first kappa shape index (κ1) is 18.5. The monoisotopic (exact) mass is 410 g/mol. The fourth-order valence-electron chi connectivity index (χ4n) is 3.09. The third kappa shape index (κ3) is 3.59. The molecule has 146 valence electrons. The lowest BCUT2D eigenvalue weighted by Crippen LogP contribution is -2.39. The van der Waals surface area contributed by atoms with Crippen LogP contribution in [-0.4, -0.2) is 41.9 Å². The van der Waals surface area contributed by atoms with Crippen LogP contribution in [0.25, 0.3) is 0 Å². The van der Waals surface area contributed by atoms with Crippen LogP contribution in [0.15, 0.2) is 36.7 Å². The number of carbonyl (C=O) groups excluding carboxylic acids is 1. The van der Waals surface area contributed by atoms with E-state index < -0.39 is 12.0 Å². The van der Waals surface area contributed by atoms with Crippen LogP contribution in [0.5, 0.6) is 0 Å². The molecule has 0 radical (unpaired) electrons. The molecule has 7 nitrogen and oxygen atoms in total. The van der Waals surface area contributed by atoms with Gasteiger partial charge < -0.3 is 9.47 Å². The average molecular weight is 411 g/mol. The third-order valence-corrected chi connectivity index (χ3v) is 4.64. The predicted octanol–water partition coefficient (Wildman–Crippen LogP) is 2.85. The molecule has 0 atom stereocenters. The van der Waals surface area contributed by atoms with E-state index in [9.17, 15) is 18.0 Å². The molecule has 3 heterocycles. The molecule has 11 heteroatoms. The quantitative estimate of drug-likeness (QED) is 0.666. The second-order valence-electron chi connectivity index (χ2n) is 6.37. The van der Waals surface area contributed by atoms with Crippen molar-refractivity contribution in [3.63, 3.8) is 0 Å². The fraction of sp³-hybridized carbons (Fsp3) is 0.294. The van der Waals surface area contributed by atoms with Crippen LogP contribution < -0.4 is 0 Å².